The predicted octanol–water partition coefficient (Wildman–Crippen LogP) is 3.32. The summed E-state index contributed by atoms with van der Waals surface area (Å²) in [6.45, 7) is 0.911. The molecule has 0 N–H and O–H groups in total. The zero-order chi connectivity index (χ0) is 14.1. The molecule has 0 amide bonds. The van der Waals surface area contributed by atoms with Gasteiger partial charge in [-0.05, 0) is 6.92 Å². The van der Waals surface area contributed by atoms with Gasteiger partial charge in [0.05, 0.1) is 12.8 Å². The van der Waals surface area contributed by atoms with Crippen LogP contribution >= 0.6 is 0 Å². The molecule has 0 saturated heterocycles. The van der Waals surface area contributed by atoms with Gasteiger partial charge in [-0.15, -0.1) is 13.2 Å². The second-order valence-electron chi connectivity index (χ2n) is 3.17. The van der Waals surface area contributed by atoms with E-state index in [0.29, 0.717) is 6.07 Å². The van der Waals surface area contributed by atoms with Crippen LogP contribution in [0.25, 0.3) is 0 Å². The summed E-state index contributed by atoms with van der Waals surface area (Å²) in [7, 11) is 1.06. The third kappa shape index (κ3) is 3.41. The zero-order valence-electron chi connectivity index (χ0n) is 9.11. The van der Waals surface area contributed by atoms with Crippen molar-refractivity contribution in [2.45, 2.75) is 19.5 Å². The van der Waals surface area contributed by atoms with Gasteiger partial charge in [-0.3, -0.25) is 0 Å². The largest absolute Gasteiger partial charge is 0.573 e. The number of aryl methyl sites for hydroxylation is 1. The minimum absolute atomic E-state index is 0.403. The number of aromatic nitrogens is 1. The van der Waals surface area contributed by atoms with Crippen molar-refractivity contribution in [2.75, 3.05) is 7.11 Å². The third-order valence-electron chi connectivity index (χ3n) is 1.86. The van der Waals surface area contributed by atoms with E-state index in [4.69, 9.17) is 0 Å². The summed E-state index contributed by atoms with van der Waals surface area (Å²) >= 11 is 0. The van der Waals surface area contributed by atoms with Gasteiger partial charge in [0.1, 0.15) is 11.3 Å². The lowest BCUT2D eigenvalue weighted by atomic mass is 10.2. The molecule has 1 heterocycles. The van der Waals surface area contributed by atoms with Gasteiger partial charge in [-0.2, -0.15) is 13.2 Å². The Balaban J connectivity index is 3.39. The average Bonchev–Trinajstić information content (AvgIpc) is 2.11. The summed E-state index contributed by atoms with van der Waals surface area (Å²) in [4.78, 5) is 3.36. The van der Waals surface area contributed by atoms with Crippen LogP contribution in [0.4, 0.5) is 26.3 Å². The fourth-order valence-electron chi connectivity index (χ4n) is 1.27. The van der Waals surface area contributed by atoms with E-state index in [1.807, 2.05) is 0 Å². The quantitative estimate of drug-likeness (QED) is 0.776. The molecule has 102 valence electrons. The van der Waals surface area contributed by atoms with Gasteiger partial charge in [0.25, 0.3) is 0 Å². The Kier molecular flexibility index (Phi) is 3.63. The molecule has 0 atom stereocenters. The van der Waals surface area contributed by atoms with Gasteiger partial charge in [0, 0.05) is 6.07 Å². The summed E-state index contributed by atoms with van der Waals surface area (Å²) in [5.74, 6) is -1.79. The molecule has 3 nitrogen and oxygen atoms in total. The highest BCUT2D eigenvalue weighted by Gasteiger charge is 2.41. The van der Waals surface area contributed by atoms with Gasteiger partial charge in [-0.25, -0.2) is 4.98 Å². The molecule has 1 rings (SSSR count). The van der Waals surface area contributed by atoms with Gasteiger partial charge in [0.2, 0.25) is 5.88 Å². The Morgan fingerprint density at radius 1 is 1.11 bits per heavy atom. The van der Waals surface area contributed by atoms with Crippen molar-refractivity contribution in [3.63, 3.8) is 0 Å². The number of ether oxygens (including phenoxy) is 2. The van der Waals surface area contributed by atoms with Gasteiger partial charge < -0.3 is 9.47 Å². The molecule has 0 aromatic carbocycles. The van der Waals surface area contributed by atoms with Crippen LogP contribution < -0.4 is 9.47 Å². The molecule has 0 unspecified atom stereocenters. The first-order chi connectivity index (χ1) is 8.04. The van der Waals surface area contributed by atoms with Crippen molar-refractivity contribution in [1.29, 1.82) is 0 Å². The minimum atomic E-state index is -5.24. The van der Waals surface area contributed by atoms with E-state index in [0.717, 1.165) is 14.0 Å². The number of nitrogens with zero attached hydrogens (tertiary/aromatic N) is 1. The Morgan fingerprint density at radius 2 is 1.67 bits per heavy atom. The van der Waals surface area contributed by atoms with Crippen molar-refractivity contribution < 1.29 is 35.8 Å². The minimum Gasteiger partial charge on any atom is -0.481 e. The SMILES string of the molecule is COc1cc(OC(F)(F)F)c(C(F)(F)F)c(C)n1. The van der Waals surface area contributed by atoms with Crippen LogP contribution in [0.5, 0.6) is 11.6 Å². The van der Waals surface area contributed by atoms with Crippen LogP contribution in [-0.2, 0) is 6.18 Å². The van der Waals surface area contributed by atoms with E-state index in [1.165, 1.54) is 0 Å². The number of hydrogen-bond acceptors (Lipinski definition) is 3. The molecule has 0 aliphatic rings. The smallest absolute Gasteiger partial charge is 0.481 e. The molecular formula is C9H7F6NO2. The van der Waals surface area contributed by atoms with Crippen LogP contribution in [0.3, 0.4) is 0 Å². The molecule has 1 aromatic heterocycles. The number of methoxy groups -OCH3 is 1. The number of hydrogen-bond donors (Lipinski definition) is 0. The summed E-state index contributed by atoms with van der Waals surface area (Å²) in [5.41, 5.74) is -2.25. The van der Waals surface area contributed by atoms with Crippen LogP contribution in [-0.4, -0.2) is 18.5 Å². The first kappa shape index (κ1) is 14.4. The van der Waals surface area contributed by atoms with Crippen LogP contribution in [0, 0.1) is 6.92 Å². The summed E-state index contributed by atoms with van der Waals surface area (Å²) in [6.07, 6.45) is -10.2. The highest BCUT2D eigenvalue weighted by atomic mass is 19.4. The summed E-state index contributed by atoms with van der Waals surface area (Å²) in [5, 5.41) is 0. The molecule has 0 saturated carbocycles. The van der Waals surface area contributed by atoms with E-state index in [1.54, 1.807) is 0 Å². The van der Waals surface area contributed by atoms with Crippen molar-refractivity contribution in [2.24, 2.45) is 0 Å². The van der Waals surface area contributed by atoms with E-state index in [2.05, 4.69) is 14.5 Å². The van der Waals surface area contributed by atoms with E-state index in [9.17, 15) is 26.3 Å². The topological polar surface area (TPSA) is 31.4 Å². The zero-order valence-corrected chi connectivity index (χ0v) is 9.11. The lowest BCUT2D eigenvalue weighted by Gasteiger charge is -2.17. The molecule has 0 bridgehead atoms. The van der Waals surface area contributed by atoms with Crippen molar-refractivity contribution in [3.05, 3.63) is 17.3 Å². The second-order valence-corrected chi connectivity index (χ2v) is 3.17. The maximum atomic E-state index is 12.6. The van der Waals surface area contributed by atoms with Crippen LogP contribution in [0.2, 0.25) is 0 Å². The Bertz CT molecular complexity index is 440. The fraction of sp³-hybridized carbons (Fsp3) is 0.444. The lowest BCUT2D eigenvalue weighted by Crippen LogP contribution is -2.21. The molecule has 18 heavy (non-hydrogen) atoms. The van der Waals surface area contributed by atoms with Crippen molar-refractivity contribution in [3.8, 4) is 11.6 Å². The summed E-state index contributed by atoms with van der Waals surface area (Å²) in [6, 6.07) is 0.434. The molecule has 0 aliphatic heterocycles. The number of rotatable bonds is 2. The molecule has 0 aliphatic carbocycles. The molecule has 0 spiro atoms. The number of alkyl halides is 6. The molecule has 0 radical (unpaired) electrons. The number of pyridine rings is 1. The lowest BCUT2D eigenvalue weighted by molar-refractivity contribution is -0.276. The van der Waals surface area contributed by atoms with Crippen LogP contribution in [0.15, 0.2) is 6.07 Å². The summed E-state index contributed by atoms with van der Waals surface area (Å²) < 4.78 is 81.7. The fourth-order valence-corrected chi connectivity index (χ4v) is 1.27. The third-order valence-corrected chi connectivity index (χ3v) is 1.86. The molecule has 0 fully saturated rings. The van der Waals surface area contributed by atoms with Crippen molar-refractivity contribution in [1.82, 2.24) is 4.98 Å². The average molecular weight is 275 g/mol. The molecule has 1 aromatic rings. The first-order valence-electron chi connectivity index (χ1n) is 4.43. The number of halogens is 6. The highest BCUT2D eigenvalue weighted by molar-refractivity contribution is 5.42. The normalized spacial score (nSPS) is 12.4. The van der Waals surface area contributed by atoms with E-state index >= 15 is 0 Å². The van der Waals surface area contributed by atoms with E-state index < -0.39 is 35.4 Å². The molecular weight excluding hydrogens is 268 g/mol. The van der Waals surface area contributed by atoms with Gasteiger partial charge in [-0.1, -0.05) is 0 Å². The van der Waals surface area contributed by atoms with Gasteiger partial charge >= 0.3 is 12.5 Å². The predicted molar refractivity (Wildman–Crippen MR) is 47.2 cm³/mol. The van der Waals surface area contributed by atoms with Crippen LogP contribution in [0.1, 0.15) is 11.3 Å². The highest BCUT2D eigenvalue weighted by Crippen LogP contribution is 2.41. The Morgan fingerprint density at radius 3 is 2.06 bits per heavy atom. The maximum absolute atomic E-state index is 12.6. The van der Waals surface area contributed by atoms with Gasteiger partial charge in [0.15, 0.2) is 0 Å². The van der Waals surface area contributed by atoms with E-state index in [-0.39, 0.29) is 0 Å². The molecule has 9 heteroatoms. The Hall–Kier alpha value is -1.67. The monoisotopic (exact) mass is 275 g/mol. The second kappa shape index (κ2) is 4.54. The van der Waals surface area contributed by atoms with Crippen molar-refractivity contribution >= 4 is 0 Å². The standard InChI is InChI=1S/C9H7F6NO2/c1-4-7(8(10,11)12)5(18-9(13,14)15)3-6(16-4)17-2/h3H,1-2H3. The Labute approximate surface area is 97.3 Å². The maximum Gasteiger partial charge on any atom is 0.573 e. The first-order valence-corrected chi connectivity index (χ1v) is 4.43.